The summed E-state index contributed by atoms with van der Waals surface area (Å²) in [6.45, 7) is 8.67. The minimum absolute atomic E-state index is 0.0414. The fourth-order valence-electron chi connectivity index (χ4n) is 2.03. The fraction of sp³-hybridized carbons (Fsp3) is 0.733. The van der Waals surface area contributed by atoms with Crippen molar-refractivity contribution in [2.75, 3.05) is 0 Å². The minimum atomic E-state index is -0.0414. The van der Waals surface area contributed by atoms with Crippen molar-refractivity contribution in [3.63, 3.8) is 0 Å². The van der Waals surface area contributed by atoms with Crippen LogP contribution in [0.2, 0.25) is 0 Å². The van der Waals surface area contributed by atoms with E-state index in [1.54, 1.807) is 0 Å². The Morgan fingerprint density at radius 1 is 1.31 bits per heavy atom. The second kappa shape index (κ2) is 6.24. The van der Waals surface area contributed by atoms with E-state index in [4.69, 9.17) is 4.74 Å². The number of hydrogen-bond donors (Lipinski definition) is 0. The van der Waals surface area contributed by atoms with E-state index in [1.807, 2.05) is 0 Å². The van der Waals surface area contributed by atoms with Crippen molar-refractivity contribution in [3.8, 4) is 0 Å². The summed E-state index contributed by atoms with van der Waals surface area (Å²) in [5, 5.41) is 0. The maximum absolute atomic E-state index is 6.16. The second-order valence-corrected chi connectivity index (χ2v) is 5.59. The summed E-state index contributed by atoms with van der Waals surface area (Å²) < 4.78 is 6.16. The number of rotatable bonds is 6. The van der Waals surface area contributed by atoms with Crippen LogP contribution in [-0.4, -0.2) is 11.7 Å². The van der Waals surface area contributed by atoms with Gasteiger partial charge in [-0.1, -0.05) is 44.4 Å². The summed E-state index contributed by atoms with van der Waals surface area (Å²) in [5.41, 5.74) is 1.41. The molecule has 0 saturated carbocycles. The third-order valence-electron chi connectivity index (χ3n) is 2.78. The van der Waals surface area contributed by atoms with Crippen LogP contribution in [0.1, 0.15) is 59.8 Å². The van der Waals surface area contributed by atoms with Gasteiger partial charge in [0.2, 0.25) is 0 Å². The Labute approximate surface area is 101 Å². The number of ether oxygens (including phenoxy) is 1. The molecule has 1 aliphatic rings. The Balaban J connectivity index is 2.48. The van der Waals surface area contributed by atoms with Crippen LogP contribution in [0.5, 0.6) is 0 Å². The van der Waals surface area contributed by atoms with Crippen molar-refractivity contribution in [1.29, 1.82) is 0 Å². The molecule has 1 heteroatoms. The van der Waals surface area contributed by atoms with Gasteiger partial charge in [0, 0.05) is 0 Å². The molecule has 0 spiro atoms. The smallest absolute Gasteiger partial charge is 0.0798 e. The molecule has 16 heavy (non-hydrogen) atoms. The predicted octanol–water partition coefficient (Wildman–Crippen LogP) is 4.64. The Hall–Kier alpha value is -0.560. The molecule has 1 atom stereocenters. The summed E-state index contributed by atoms with van der Waals surface area (Å²) in [5.74, 6) is 0. The number of unbranched alkanes of at least 4 members (excludes halogenated alkanes) is 2. The molecule has 0 aliphatic heterocycles. The quantitative estimate of drug-likeness (QED) is 0.595. The molecule has 1 unspecified atom stereocenters. The van der Waals surface area contributed by atoms with Crippen LogP contribution < -0.4 is 0 Å². The highest BCUT2D eigenvalue weighted by Gasteiger charge is 2.21. The van der Waals surface area contributed by atoms with Gasteiger partial charge in [-0.3, -0.25) is 0 Å². The van der Waals surface area contributed by atoms with E-state index in [0.29, 0.717) is 6.10 Å². The molecule has 1 aliphatic carbocycles. The molecule has 0 aromatic carbocycles. The van der Waals surface area contributed by atoms with Gasteiger partial charge >= 0.3 is 0 Å². The molecule has 0 bridgehead atoms. The maximum atomic E-state index is 6.16. The van der Waals surface area contributed by atoms with E-state index in [9.17, 15) is 0 Å². The monoisotopic (exact) mass is 222 g/mol. The zero-order valence-electron chi connectivity index (χ0n) is 11.3. The van der Waals surface area contributed by atoms with Gasteiger partial charge in [0.15, 0.2) is 0 Å². The van der Waals surface area contributed by atoms with Crippen LogP contribution in [-0.2, 0) is 4.74 Å². The highest BCUT2D eigenvalue weighted by molar-refractivity contribution is 5.26. The molecule has 0 amide bonds. The topological polar surface area (TPSA) is 9.23 Å². The Kier molecular flexibility index (Phi) is 5.27. The van der Waals surface area contributed by atoms with Crippen LogP contribution in [0.3, 0.4) is 0 Å². The standard InChI is InChI=1S/C15H26O/c1-5-6-7-12-14(16-15(2,3)4)13-10-8-9-11-13/h8-10,14H,5-7,11-12H2,1-4H3. The first-order valence-corrected chi connectivity index (χ1v) is 6.56. The van der Waals surface area contributed by atoms with E-state index in [2.05, 4.69) is 45.9 Å². The van der Waals surface area contributed by atoms with Crippen LogP contribution in [0, 0.1) is 0 Å². The van der Waals surface area contributed by atoms with Crippen LogP contribution in [0.25, 0.3) is 0 Å². The summed E-state index contributed by atoms with van der Waals surface area (Å²) in [6.07, 6.45) is 13.0. The lowest BCUT2D eigenvalue weighted by Crippen LogP contribution is -2.28. The maximum Gasteiger partial charge on any atom is 0.0798 e. The first-order chi connectivity index (χ1) is 7.53. The van der Waals surface area contributed by atoms with Crippen molar-refractivity contribution >= 4 is 0 Å². The Morgan fingerprint density at radius 2 is 2.06 bits per heavy atom. The van der Waals surface area contributed by atoms with Crippen LogP contribution >= 0.6 is 0 Å². The zero-order chi connectivity index (χ0) is 12.0. The third-order valence-corrected chi connectivity index (χ3v) is 2.78. The van der Waals surface area contributed by atoms with Gasteiger partial charge in [-0.15, -0.1) is 0 Å². The summed E-state index contributed by atoms with van der Waals surface area (Å²) >= 11 is 0. The van der Waals surface area contributed by atoms with Gasteiger partial charge in [-0.2, -0.15) is 0 Å². The van der Waals surface area contributed by atoms with E-state index >= 15 is 0 Å². The normalized spacial score (nSPS) is 17.6. The summed E-state index contributed by atoms with van der Waals surface area (Å²) in [7, 11) is 0. The molecule has 0 fully saturated rings. The third kappa shape index (κ3) is 4.98. The van der Waals surface area contributed by atoms with E-state index in [1.165, 1.54) is 31.3 Å². The molecule has 0 N–H and O–H groups in total. The summed E-state index contributed by atoms with van der Waals surface area (Å²) in [4.78, 5) is 0. The minimum Gasteiger partial charge on any atom is -0.368 e. The molecule has 0 heterocycles. The SMILES string of the molecule is CCCCCC(OC(C)(C)C)C1=CC=CC1. The predicted molar refractivity (Wildman–Crippen MR) is 70.6 cm³/mol. The molecule has 92 valence electrons. The van der Waals surface area contributed by atoms with Gasteiger partial charge in [-0.05, 0) is 39.2 Å². The lowest BCUT2D eigenvalue weighted by molar-refractivity contribution is -0.0473. The molecule has 0 saturated heterocycles. The fourth-order valence-corrected chi connectivity index (χ4v) is 2.03. The first kappa shape index (κ1) is 13.5. The van der Waals surface area contributed by atoms with E-state index < -0.39 is 0 Å². The van der Waals surface area contributed by atoms with Crippen molar-refractivity contribution in [2.45, 2.75) is 71.5 Å². The average Bonchev–Trinajstić information content (AvgIpc) is 2.67. The highest BCUT2D eigenvalue weighted by Crippen LogP contribution is 2.26. The van der Waals surface area contributed by atoms with E-state index in [-0.39, 0.29) is 5.60 Å². The number of allylic oxidation sites excluding steroid dienone is 3. The van der Waals surface area contributed by atoms with Crippen molar-refractivity contribution in [2.24, 2.45) is 0 Å². The van der Waals surface area contributed by atoms with Crippen LogP contribution in [0.4, 0.5) is 0 Å². The zero-order valence-corrected chi connectivity index (χ0v) is 11.3. The largest absolute Gasteiger partial charge is 0.368 e. The van der Waals surface area contributed by atoms with Gasteiger partial charge < -0.3 is 4.74 Å². The second-order valence-electron chi connectivity index (χ2n) is 5.59. The number of hydrogen-bond acceptors (Lipinski definition) is 1. The first-order valence-electron chi connectivity index (χ1n) is 6.56. The lowest BCUT2D eigenvalue weighted by atomic mass is 10.0. The Morgan fingerprint density at radius 3 is 2.56 bits per heavy atom. The lowest BCUT2D eigenvalue weighted by Gasteiger charge is -2.28. The molecular formula is C15H26O. The van der Waals surface area contributed by atoms with Crippen molar-refractivity contribution in [3.05, 3.63) is 23.8 Å². The van der Waals surface area contributed by atoms with Gasteiger partial charge in [-0.25, -0.2) is 0 Å². The molecule has 0 aromatic rings. The van der Waals surface area contributed by atoms with Crippen molar-refractivity contribution in [1.82, 2.24) is 0 Å². The van der Waals surface area contributed by atoms with Crippen molar-refractivity contribution < 1.29 is 4.74 Å². The van der Waals surface area contributed by atoms with Gasteiger partial charge in [0.25, 0.3) is 0 Å². The molecule has 1 rings (SSSR count). The Bertz CT molecular complexity index is 255. The van der Waals surface area contributed by atoms with E-state index in [0.717, 1.165) is 6.42 Å². The molecule has 0 radical (unpaired) electrons. The van der Waals surface area contributed by atoms with Gasteiger partial charge in [0.1, 0.15) is 0 Å². The molecule has 1 nitrogen and oxygen atoms in total. The van der Waals surface area contributed by atoms with Gasteiger partial charge in [0.05, 0.1) is 11.7 Å². The molecular weight excluding hydrogens is 196 g/mol. The molecule has 0 aromatic heterocycles. The highest BCUT2D eigenvalue weighted by atomic mass is 16.5. The van der Waals surface area contributed by atoms with Crippen LogP contribution in [0.15, 0.2) is 23.8 Å². The average molecular weight is 222 g/mol. The summed E-state index contributed by atoms with van der Waals surface area (Å²) in [6, 6.07) is 0.